The Morgan fingerprint density at radius 2 is 1.94 bits per heavy atom. The highest BCUT2D eigenvalue weighted by atomic mass is 16.4. The summed E-state index contributed by atoms with van der Waals surface area (Å²) in [5, 5.41) is 4.06. The van der Waals surface area contributed by atoms with Crippen molar-refractivity contribution >= 4 is 5.84 Å². The van der Waals surface area contributed by atoms with Crippen LogP contribution in [0.5, 0.6) is 0 Å². The summed E-state index contributed by atoms with van der Waals surface area (Å²) in [4.78, 5) is 15.3. The maximum absolute atomic E-state index is 11.4. The zero-order valence-corrected chi connectivity index (χ0v) is 8.20. The predicted octanol–water partition coefficient (Wildman–Crippen LogP) is 1.35. The van der Waals surface area contributed by atoms with Gasteiger partial charge in [0, 0.05) is 17.8 Å². The zero-order valence-electron chi connectivity index (χ0n) is 8.20. The minimum atomic E-state index is -0.254. The van der Waals surface area contributed by atoms with Gasteiger partial charge in [0.05, 0.1) is 0 Å². The van der Waals surface area contributed by atoms with Gasteiger partial charge < -0.3 is 4.42 Å². The summed E-state index contributed by atoms with van der Waals surface area (Å²) in [5.41, 5.74) is 0.559. The Balaban J connectivity index is 2.28. The average molecular weight is 213 g/mol. The Morgan fingerprint density at radius 3 is 2.69 bits per heavy atom. The zero-order chi connectivity index (χ0) is 11.0. The second kappa shape index (κ2) is 3.30. The first-order chi connectivity index (χ1) is 7.84. The Kier molecular flexibility index (Phi) is 1.83. The van der Waals surface area contributed by atoms with E-state index in [2.05, 4.69) is 10.1 Å². The van der Waals surface area contributed by atoms with Gasteiger partial charge in [0.15, 0.2) is 0 Å². The van der Waals surface area contributed by atoms with E-state index >= 15 is 0 Å². The van der Waals surface area contributed by atoms with Crippen LogP contribution in [0.1, 0.15) is 0 Å². The van der Waals surface area contributed by atoms with Crippen molar-refractivity contribution in [3.8, 4) is 11.5 Å². The number of aromatic nitrogens is 3. The summed E-state index contributed by atoms with van der Waals surface area (Å²) in [7, 11) is 0. The van der Waals surface area contributed by atoms with Gasteiger partial charge in [0.2, 0.25) is 5.89 Å². The van der Waals surface area contributed by atoms with Gasteiger partial charge in [-0.15, -0.1) is 9.61 Å². The first kappa shape index (κ1) is 8.84. The highest BCUT2D eigenvalue weighted by molar-refractivity contribution is 5.53. The Labute approximate surface area is 90.0 Å². The fourth-order valence-corrected chi connectivity index (χ4v) is 1.44. The molecule has 5 nitrogen and oxygen atoms in total. The number of nitrogens with zero attached hydrogens (tertiary/aromatic N) is 3. The SMILES string of the molecule is O=c1ccnc2oc(-c3ccccc3)nn12. The van der Waals surface area contributed by atoms with Crippen LogP contribution in [0, 0.1) is 0 Å². The summed E-state index contributed by atoms with van der Waals surface area (Å²) >= 11 is 0. The van der Waals surface area contributed by atoms with Gasteiger partial charge in [0.25, 0.3) is 5.56 Å². The minimum Gasteiger partial charge on any atom is -0.403 e. The summed E-state index contributed by atoms with van der Waals surface area (Å²) in [6.45, 7) is 0. The molecule has 3 aromatic rings. The van der Waals surface area contributed by atoms with E-state index in [4.69, 9.17) is 4.42 Å². The van der Waals surface area contributed by atoms with Gasteiger partial charge in [-0.2, -0.15) is 0 Å². The molecule has 0 N–H and O–H groups in total. The molecule has 3 rings (SSSR count). The molecule has 0 aliphatic heterocycles. The van der Waals surface area contributed by atoms with Gasteiger partial charge in [-0.1, -0.05) is 18.2 Å². The molecule has 0 aliphatic carbocycles. The van der Waals surface area contributed by atoms with Crippen molar-refractivity contribution in [3.05, 3.63) is 52.9 Å². The van der Waals surface area contributed by atoms with E-state index in [0.717, 1.165) is 10.1 Å². The molecular formula is C11H7N3O2. The molecule has 0 fully saturated rings. The predicted molar refractivity (Wildman–Crippen MR) is 57.0 cm³/mol. The lowest BCUT2D eigenvalue weighted by Crippen LogP contribution is -2.12. The summed E-state index contributed by atoms with van der Waals surface area (Å²) < 4.78 is 6.52. The number of hydrogen-bond donors (Lipinski definition) is 0. The highest BCUT2D eigenvalue weighted by Crippen LogP contribution is 2.16. The number of hydrogen-bond acceptors (Lipinski definition) is 4. The van der Waals surface area contributed by atoms with Crippen LogP contribution in [-0.2, 0) is 0 Å². The topological polar surface area (TPSA) is 60.4 Å². The molecule has 0 spiro atoms. The standard InChI is InChI=1S/C11H7N3O2/c15-9-6-7-12-11-14(9)13-10(16-11)8-4-2-1-3-5-8/h1-7H. The summed E-state index contributed by atoms with van der Waals surface area (Å²) in [5.74, 6) is 0.586. The van der Waals surface area contributed by atoms with Gasteiger partial charge in [0.1, 0.15) is 0 Å². The smallest absolute Gasteiger partial charge is 0.328 e. The van der Waals surface area contributed by atoms with Gasteiger partial charge in [-0.05, 0) is 12.1 Å². The van der Waals surface area contributed by atoms with E-state index in [9.17, 15) is 4.79 Å². The van der Waals surface area contributed by atoms with Gasteiger partial charge >= 0.3 is 5.84 Å². The third kappa shape index (κ3) is 1.30. The molecule has 0 saturated heterocycles. The Morgan fingerprint density at radius 1 is 1.12 bits per heavy atom. The van der Waals surface area contributed by atoms with E-state index in [1.54, 1.807) is 0 Å². The maximum Gasteiger partial charge on any atom is 0.328 e. The fraction of sp³-hybridized carbons (Fsp3) is 0. The molecule has 0 bridgehead atoms. The Bertz CT molecular complexity index is 685. The monoisotopic (exact) mass is 213 g/mol. The van der Waals surface area contributed by atoms with Crippen molar-refractivity contribution in [3.63, 3.8) is 0 Å². The second-order valence-electron chi connectivity index (χ2n) is 3.25. The van der Waals surface area contributed by atoms with E-state index in [1.807, 2.05) is 30.3 Å². The third-order valence-electron chi connectivity index (χ3n) is 2.19. The van der Waals surface area contributed by atoms with Crippen LogP contribution in [-0.4, -0.2) is 14.6 Å². The van der Waals surface area contributed by atoms with Crippen molar-refractivity contribution < 1.29 is 4.42 Å². The van der Waals surface area contributed by atoms with Crippen LogP contribution >= 0.6 is 0 Å². The molecule has 78 valence electrons. The number of fused-ring (bicyclic) bond motifs is 1. The van der Waals surface area contributed by atoms with Crippen LogP contribution in [0.25, 0.3) is 17.3 Å². The van der Waals surface area contributed by atoms with Crippen molar-refractivity contribution in [2.45, 2.75) is 0 Å². The molecule has 0 saturated carbocycles. The molecule has 5 heteroatoms. The molecule has 2 heterocycles. The van der Waals surface area contributed by atoms with Crippen LogP contribution in [0.2, 0.25) is 0 Å². The summed E-state index contributed by atoms with van der Waals surface area (Å²) in [6, 6.07) is 10.7. The van der Waals surface area contributed by atoms with Crippen molar-refractivity contribution in [2.24, 2.45) is 0 Å². The fourth-order valence-electron chi connectivity index (χ4n) is 1.44. The lowest BCUT2D eigenvalue weighted by Gasteiger charge is -1.90. The van der Waals surface area contributed by atoms with Crippen molar-refractivity contribution in [2.75, 3.05) is 0 Å². The first-order valence-corrected chi connectivity index (χ1v) is 4.75. The molecule has 0 radical (unpaired) electrons. The third-order valence-corrected chi connectivity index (χ3v) is 2.19. The molecule has 0 aliphatic rings. The van der Waals surface area contributed by atoms with Crippen LogP contribution < -0.4 is 5.56 Å². The van der Waals surface area contributed by atoms with Crippen molar-refractivity contribution in [1.82, 2.24) is 14.6 Å². The highest BCUT2D eigenvalue weighted by Gasteiger charge is 2.08. The normalized spacial score (nSPS) is 10.8. The van der Waals surface area contributed by atoms with Crippen molar-refractivity contribution in [1.29, 1.82) is 0 Å². The molecule has 1 aromatic carbocycles. The molecular weight excluding hydrogens is 206 g/mol. The van der Waals surface area contributed by atoms with Crippen LogP contribution in [0.4, 0.5) is 0 Å². The van der Waals surface area contributed by atoms with E-state index < -0.39 is 0 Å². The Hall–Kier alpha value is -2.43. The van der Waals surface area contributed by atoms with Crippen LogP contribution in [0.3, 0.4) is 0 Å². The molecule has 2 aromatic heterocycles. The molecule has 0 atom stereocenters. The van der Waals surface area contributed by atoms with E-state index in [0.29, 0.717) is 5.89 Å². The second-order valence-corrected chi connectivity index (χ2v) is 3.25. The van der Waals surface area contributed by atoms with Gasteiger partial charge in [-0.25, -0.2) is 4.98 Å². The van der Waals surface area contributed by atoms with Crippen LogP contribution in [0.15, 0.2) is 51.8 Å². The average Bonchev–Trinajstić information content (AvgIpc) is 2.76. The van der Waals surface area contributed by atoms with Gasteiger partial charge in [-0.3, -0.25) is 4.79 Å². The lowest BCUT2D eigenvalue weighted by molar-refractivity contribution is 0.601. The molecule has 0 unspecified atom stereocenters. The van der Waals surface area contributed by atoms with E-state index in [-0.39, 0.29) is 11.4 Å². The summed E-state index contributed by atoms with van der Waals surface area (Å²) in [6.07, 6.45) is 1.40. The lowest BCUT2D eigenvalue weighted by atomic mass is 10.2. The minimum absolute atomic E-state index is 0.200. The van der Waals surface area contributed by atoms with E-state index in [1.165, 1.54) is 12.3 Å². The number of rotatable bonds is 1. The quantitative estimate of drug-likeness (QED) is 0.612. The molecule has 16 heavy (non-hydrogen) atoms. The largest absolute Gasteiger partial charge is 0.403 e. The molecule has 0 amide bonds. The number of benzene rings is 1. The first-order valence-electron chi connectivity index (χ1n) is 4.75. The maximum atomic E-state index is 11.4.